The van der Waals surface area contributed by atoms with Gasteiger partial charge in [-0.2, -0.15) is 5.26 Å². The van der Waals surface area contributed by atoms with E-state index in [4.69, 9.17) is 5.26 Å². The number of hydrogen-bond donors (Lipinski definition) is 0. The summed E-state index contributed by atoms with van der Waals surface area (Å²) in [5.41, 5.74) is 3.48. The van der Waals surface area contributed by atoms with Crippen molar-refractivity contribution < 1.29 is 20.1 Å². The minimum Gasteiger partial charge on any atom is -0.373 e. The summed E-state index contributed by atoms with van der Waals surface area (Å²) in [6, 6.07) is 27.2. The summed E-state index contributed by atoms with van der Waals surface area (Å²) in [6.45, 7) is 0. The molecule has 5 heteroatoms. The molecule has 0 aliphatic heterocycles. The van der Waals surface area contributed by atoms with Gasteiger partial charge in [-0.15, -0.1) is 65.7 Å². The number of hydrogen-bond acceptors (Lipinski definition) is 3. The van der Waals surface area contributed by atoms with Gasteiger partial charge in [0.1, 0.15) is 0 Å². The molecule has 0 saturated heterocycles. The molecular formula is C22H16IrN4-2. The van der Waals surface area contributed by atoms with E-state index in [9.17, 15) is 0 Å². The summed E-state index contributed by atoms with van der Waals surface area (Å²) >= 11 is 0. The maximum Gasteiger partial charge on any atom is 0.0789 e. The molecule has 135 valence electrons. The van der Waals surface area contributed by atoms with Crippen molar-refractivity contribution in [1.82, 2.24) is 14.5 Å². The summed E-state index contributed by atoms with van der Waals surface area (Å²) in [4.78, 5) is 8.40. The van der Waals surface area contributed by atoms with Crippen LogP contribution in [-0.2, 0) is 27.2 Å². The van der Waals surface area contributed by atoms with Crippen LogP contribution in [0.5, 0.6) is 0 Å². The fourth-order valence-corrected chi connectivity index (χ4v) is 2.37. The molecule has 0 fully saturated rings. The van der Waals surface area contributed by atoms with E-state index in [2.05, 4.69) is 28.2 Å². The number of pyridine rings is 1. The summed E-state index contributed by atoms with van der Waals surface area (Å²) in [5, 5.41) is 8.74. The van der Waals surface area contributed by atoms with Crippen molar-refractivity contribution in [2.45, 2.75) is 0 Å². The van der Waals surface area contributed by atoms with Crippen LogP contribution in [0.4, 0.5) is 0 Å². The van der Waals surface area contributed by atoms with E-state index in [1.54, 1.807) is 30.6 Å². The van der Waals surface area contributed by atoms with E-state index in [0.29, 0.717) is 5.56 Å². The summed E-state index contributed by atoms with van der Waals surface area (Å²) in [5.74, 6) is 0.821. The van der Waals surface area contributed by atoms with Crippen molar-refractivity contribution in [2.75, 3.05) is 0 Å². The maximum absolute atomic E-state index is 8.74. The van der Waals surface area contributed by atoms with E-state index in [-0.39, 0.29) is 20.1 Å². The number of aromatic nitrogens is 3. The van der Waals surface area contributed by atoms with Crippen molar-refractivity contribution in [2.24, 2.45) is 7.05 Å². The van der Waals surface area contributed by atoms with Crippen LogP contribution in [0.1, 0.15) is 5.56 Å². The van der Waals surface area contributed by atoms with Crippen LogP contribution in [0.15, 0.2) is 79.3 Å². The van der Waals surface area contributed by atoms with Gasteiger partial charge < -0.3 is 9.55 Å². The molecule has 0 unspecified atom stereocenters. The third kappa shape index (κ3) is 5.46. The van der Waals surface area contributed by atoms with Gasteiger partial charge in [-0.25, -0.2) is 0 Å². The molecule has 0 aliphatic rings. The molecule has 0 aliphatic carbocycles. The van der Waals surface area contributed by atoms with Crippen molar-refractivity contribution in [3.05, 3.63) is 97.0 Å². The van der Waals surface area contributed by atoms with Crippen LogP contribution in [-0.4, -0.2) is 14.5 Å². The third-order valence-corrected chi connectivity index (χ3v) is 3.64. The fraction of sp³-hybridized carbons (Fsp3) is 0.0455. The second-order valence-electron chi connectivity index (χ2n) is 5.46. The average Bonchev–Trinajstić information content (AvgIpc) is 3.16. The first-order valence-corrected chi connectivity index (χ1v) is 8.05. The maximum atomic E-state index is 8.74. The van der Waals surface area contributed by atoms with Crippen LogP contribution >= 0.6 is 0 Å². The molecule has 0 N–H and O–H groups in total. The van der Waals surface area contributed by atoms with Gasteiger partial charge in [0.2, 0.25) is 0 Å². The molecule has 4 aromatic rings. The number of nitriles is 1. The molecule has 0 bridgehead atoms. The van der Waals surface area contributed by atoms with Crippen LogP contribution in [0, 0.1) is 23.5 Å². The Morgan fingerprint density at radius 1 is 0.926 bits per heavy atom. The zero-order valence-corrected chi connectivity index (χ0v) is 17.0. The molecule has 0 spiro atoms. The van der Waals surface area contributed by atoms with Gasteiger partial charge in [0, 0.05) is 45.7 Å². The molecule has 0 saturated carbocycles. The minimum absolute atomic E-state index is 0. The van der Waals surface area contributed by atoms with E-state index in [1.165, 1.54) is 0 Å². The van der Waals surface area contributed by atoms with Gasteiger partial charge in [0.05, 0.1) is 11.9 Å². The Balaban J connectivity index is 0.000000189. The van der Waals surface area contributed by atoms with E-state index < -0.39 is 0 Å². The molecule has 27 heavy (non-hydrogen) atoms. The van der Waals surface area contributed by atoms with Gasteiger partial charge in [-0.05, 0) is 17.3 Å². The monoisotopic (exact) mass is 529 g/mol. The second kappa shape index (κ2) is 10.2. The molecule has 4 rings (SSSR count). The standard InChI is InChI=1S/C11H8N3.C11H8N.Ir/c1-14-6-5-13-11(14)10-4-2-3-9(7-10)8-12;1-2-6-10(7-3-1)11-8-4-5-9-12-11;/h2-3,5-7H,1H3;1-6,8-9H;/q2*-1;. The molecule has 0 atom stereocenters. The first kappa shape index (κ1) is 20.3. The predicted molar refractivity (Wildman–Crippen MR) is 101 cm³/mol. The van der Waals surface area contributed by atoms with E-state index in [1.807, 2.05) is 60.3 Å². The van der Waals surface area contributed by atoms with E-state index >= 15 is 0 Å². The summed E-state index contributed by atoms with van der Waals surface area (Å²) in [7, 11) is 1.91. The Morgan fingerprint density at radius 2 is 1.74 bits per heavy atom. The number of nitrogens with zero attached hydrogens (tertiary/aromatic N) is 4. The van der Waals surface area contributed by atoms with Gasteiger partial charge >= 0.3 is 0 Å². The Bertz CT molecular complexity index is 968. The molecule has 2 aromatic heterocycles. The molecule has 1 radical (unpaired) electrons. The summed E-state index contributed by atoms with van der Waals surface area (Å²) in [6.07, 6.45) is 5.38. The zero-order valence-electron chi connectivity index (χ0n) is 14.6. The Morgan fingerprint density at radius 3 is 2.37 bits per heavy atom. The fourth-order valence-electron chi connectivity index (χ4n) is 2.37. The number of rotatable bonds is 2. The molecule has 0 amide bonds. The first-order valence-electron chi connectivity index (χ1n) is 8.05. The number of benzene rings is 2. The van der Waals surface area contributed by atoms with Gasteiger partial charge in [-0.1, -0.05) is 12.1 Å². The second-order valence-corrected chi connectivity index (χ2v) is 5.46. The third-order valence-electron chi connectivity index (χ3n) is 3.64. The SMILES string of the molecule is Cn1ccnc1-c1[c-]ccc(C#N)c1.[Ir].[c-]1ccccc1-c1ccccn1. The largest absolute Gasteiger partial charge is 0.373 e. The van der Waals surface area contributed by atoms with Crippen molar-refractivity contribution in [3.8, 4) is 28.7 Å². The topological polar surface area (TPSA) is 54.5 Å². The van der Waals surface area contributed by atoms with Crippen molar-refractivity contribution in [3.63, 3.8) is 0 Å². The number of aryl methyl sites for hydroxylation is 1. The van der Waals surface area contributed by atoms with E-state index in [0.717, 1.165) is 22.6 Å². The van der Waals surface area contributed by atoms with Crippen LogP contribution in [0.3, 0.4) is 0 Å². The molecule has 4 nitrogen and oxygen atoms in total. The Labute approximate surface area is 172 Å². The zero-order chi connectivity index (χ0) is 18.2. The average molecular weight is 529 g/mol. The molecule has 2 heterocycles. The van der Waals surface area contributed by atoms with Gasteiger partial charge in [0.15, 0.2) is 0 Å². The minimum atomic E-state index is 0. The van der Waals surface area contributed by atoms with Gasteiger partial charge in [0.25, 0.3) is 0 Å². The van der Waals surface area contributed by atoms with Crippen molar-refractivity contribution >= 4 is 0 Å². The normalized spacial score (nSPS) is 9.33. The van der Waals surface area contributed by atoms with Crippen LogP contribution in [0.2, 0.25) is 0 Å². The first-order chi connectivity index (χ1) is 12.8. The predicted octanol–water partition coefficient (Wildman–Crippen LogP) is 4.31. The number of imidazole rings is 1. The summed E-state index contributed by atoms with van der Waals surface area (Å²) < 4.78 is 1.90. The molecule has 2 aromatic carbocycles. The van der Waals surface area contributed by atoms with Crippen LogP contribution < -0.4 is 0 Å². The van der Waals surface area contributed by atoms with Crippen LogP contribution in [0.25, 0.3) is 22.6 Å². The quantitative estimate of drug-likeness (QED) is 0.365. The Hall–Kier alpha value is -3.06. The molecular weight excluding hydrogens is 512 g/mol. The Kier molecular flexibility index (Phi) is 7.63. The van der Waals surface area contributed by atoms with Gasteiger partial charge in [-0.3, -0.25) is 4.98 Å². The smallest absolute Gasteiger partial charge is 0.0789 e. The van der Waals surface area contributed by atoms with Crippen molar-refractivity contribution in [1.29, 1.82) is 5.26 Å².